The fourth-order valence-electron chi connectivity index (χ4n) is 7.91. The lowest BCUT2D eigenvalue weighted by Crippen LogP contribution is -2.54. The Morgan fingerprint density at radius 1 is 0.967 bits per heavy atom. The van der Waals surface area contributed by atoms with E-state index >= 15 is 0 Å². The fourth-order valence-corrected chi connectivity index (χ4v) is 8.90. The van der Waals surface area contributed by atoms with Gasteiger partial charge >= 0.3 is 0 Å². The molecule has 0 saturated heterocycles. The van der Waals surface area contributed by atoms with Crippen LogP contribution in [0.15, 0.2) is 46.4 Å². The molecule has 1 unspecified atom stereocenters. The number of Topliss-reactive ketones (excluding diaryl/α,β-unsaturated/α-hetero) is 1. The monoisotopic (exact) mass is 424 g/mol. The van der Waals surface area contributed by atoms with Gasteiger partial charge in [0.1, 0.15) is 0 Å². The molecule has 4 aliphatic carbocycles. The quantitative estimate of drug-likeness (QED) is 0.568. The van der Waals surface area contributed by atoms with Gasteiger partial charge in [0.2, 0.25) is 0 Å². The molecule has 0 spiro atoms. The Morgan fingerprint density at radius 2 is 1.70 bits per heavy atom. The lowest BCUT2D eigenvalue weighted by molar-refractivity contribution is -0.125. The minimum atomic E-state index is -0.514. The standard InChI is InChI=1S/C27H36O2S/c1-25-14-13-24(28)20(17-30-18-7-5-4-6-8-18)21(25)10-9-19-22(25)11-15-26(2)23(19)12-16-27(26,3)29/h4-8,19,22-23,29H,9-17H2,1-3H3/t19-,22-,23+,25+,26+,27?/m1/s1. The number of aliphatic hydroxyl groups is 1. The van der Waals surface area contributed by atoms with Crippen molar-refractivity contribution >= 4 is 17.5 Å². The lowest BCUT2D eigenvalue weighted by Gasteiger charge is -2.59. The maximum atomic E-state index is 13.0. The molecular weight excluding hydrogens is 388 g/mol. The van der Waals surface area contributed by atoms with Crippen molar-refractivity contribution in [2.75, 3.05) is 5.75 Å². The Hall–Kier alpha value is -1.06. The third kappa shape index (κ3) is 2.98. The number of allylic oxidation sites excluding steroid dienone is 1. The number of hydrogen-bond donors (Lipinski definition) is 1. The summed E-state index contributed by atoms with van der Waals surface area (Å²) in [6.07, 6.45) is 8.51. The number of ketones is 1. The van der Waals surface area contributed by atoms with Crippen LogP contribution >= 0.6 is 11.8 Å². The largest absolute Gasteiger partial charge is 0.390 e. The summed E-state index contributed by atoms with van der Waals surface area (Å²) in [5.74, 6) is 3.25. The van der Waals surface area contributed by atoms with Crippen LogP contribution in [0.4, 0.5) is 0 Å². The molecule has 3 heteroatoms. The van der Waals surface area contributed by atoms with Gasteiger partial charge in [0.15, 0.2) is 5.78 Å². The van der Waals surface area contributed by atoms with Crippen LogP contribution < -0.4 is 0 Å². The van der Waals surface area contributed by atoms with Crippen LogP contribution in [0.5, 0.6) is 0 Å². The summed E-state index contributed by atoms with van der Waals surface area (Å²) in [5.41, 5.74) is 2.38. The first kappa shape index (κ1) is 20.8. The van der Waals surface area contributed by atoms with Gasteiger partial charge in [-0.3, -0.25) is 4.79 Å². The molecule has 1 aromatic rings. The highest BCUT2D eigenvalue weighted by Crippen LogP contribution is 2.67. The predicted molar refractivity (Wildman–Crippen MR) is 123 cm³/mol. The Kier molecular flexibility index (Phi) is 5.02. The van der Waals surface area contributed by atoms with Gasteiger partial charge in [-0.15, -0.1) is 11.8 Å². The molecule has 1 aromatic carbocycles. The third-order valence-electron chi connectivity index (χ3n) is 9.93. The molecule has 0 amide bonds. The molecule has 0 radical (unpaired) electrons. The Balaban J connectivity index is 1.44. The van der Waals surface area contributed by atoms with Crippen LogP contribution in [0.1, 0.15) is 72.1 Å². The first-order valence-corrected chi connectivity index (χ1v) is 12.9. The molecule has 0 heterocycles. The SMILES string of the molecule is CC1(O)CC[C@H]2[C@@H]3CCC4=C(CSc5ccccc5)C(=O)CC[C@]4(C)[C@@H]3CC[C@@]21C. The van der Waals surface area contributed by atoms with E-state index in [1.807, 2.05) is 17.8 Å². The van der Waals surface area contributed by atoms with E-state index in [9.17, 15) is 9.90 Å². The highest BCUT2D eigenvalue weighted by molar-refractivity contribution is 7.99. The van der Waals surface area contributed by atoms with E-state index in [1.54, 1.807) is 0 Å². The zero-order chi connectivity index (χ0) is 21.1. The highest BCUT2D eigenvalue weighted by Gasteiger charge is 2.62. The number of carbonyl (C=O) groups excluding carboxylic acids is 1. The van der Waals surface area contributed by atoms with E-state index < -0.39 is 5.60 Å². The Bertz CT molecular complexity index is 872. The van der Waals surface area contributed by atoms with E-state index in [-0.39, 0.29) is 10.8 Å². The molecular formula is C27H36O2S. The normalized spacial score (nSPS) is 43.2. The van der Waals surface area contributed by atoms with Crippen LogP contribution in [-0.4, -0.2) is 22.2 Å². The summed E-state index contributed by atoms with van der Waals surface area (Å²) in [6, 6.07) is 10.5. The summed E-state index contributed by atoms with van der Waals surface area (Å²) in [4.78, 5) is 14.2. The molecule has 3 saturated carbocycles. The molecule has 3 fully saturated rings. The number of rotatable bonds is 3. The van der Waals surface area contributed by atoms with Crippen LogP contribution in [0.3, 0.4) is 0 Å². The van der Waals surface area contributed by atoms with E-state index in [0.717, 1.165) is 37.0 Å². The van der Waals surface area contributed by atoms with Gasteiger partial charge in [0.05, 0.1) is 5.60 Å². The van der Waals surface area contributed by atoms with Crippen LogP contribution in [0.25, 0.3) is 0 Å². The van der Waals surface area contributed by atoms with Crippen LogP contribution in [0, 0.1) is 28.6 Å². The average Bonchev–Trinajstić information content (AvgIpc) is 2.98. The molecule has 162 valence electrons. The molecule has 0 aliphatic heterocycles. The number of hydrogen-bond acceptors (Lipinski definition) is 3. The van der Waals surface area contributed by atoms with Crippen molar-refractivity contribution in [3.8, 4) is 0 Å². The van der Waals surface area contributed by atoms with Gasteiger partial charge in [0, 0.05) is 22.6 Å². The molecule has 1 N–H and O–H groups in total. The van der Waals surface area contributed by atoms with E-state index in [1.165, 1.54) is 29.7 Å². The van der Waals surface area contributed by atoms with Crippen LogP contribution in [-0.2, 0) is 4.79 Å². The van der Waals surface area contributed by atoms with Crippen molar-refractivity contribution in [1.82, 2.24) is 0 Å². The van der Waals surface area contributed by atoms with Gasteiger partial charge in [-0.1, -0.05) is 37.6 Å². The first-order chi connectivity index (χ1) is 14.3. The van der Waals surface area contributed by atoms with Crippen molar-refractivity contribution in [2.45, 2.75) is 82.6 Å². The topological polar surface area (TPSA) is 37.3 Å². The lowest BCUT2D eigenvalue weighted by atomic mass is 9.46. The van der Waals surface area contributed by atoms with Crippen molar-refractivity contribution in [1.29, 1.82) is 0 Å². The number of fused-ring (bicyclic) bond motifs is 5. The Morgan fingerprint density at radius 3 is 2.47 bits per heavy atom. The molecule has 5 rings (SSSR count). The van der Waals surface area contributed by atoms with Gasteiger partial charge in [-0.05, 0) is 92.6 Å². The molecule has 6 atom stereocenters. The van der Waals surface area contributed by atoms with Crippen LogP contribution in [0.2, 0.25) is 0 Å². The molecule has 0 bridgehead atoms. The molecule has 0 aromatic heterocycles. The summed E-state index contributed by atoms with van der Waals surface area (Å²) in [5, 5.41) is 11.1. The third-order valence-corrected chi connectivity index (χ3v) is 11.0. The maximum Gasteiger partial charge on any atom is 0.159 e. The summed E-state index contributed by atoms with van der Waals surface area (Å²) in [6.45, 7) is 6.93. The minimum Gasteiger partial charge on any atom is -0.390 e. The number of benzene rings is 1. The van der Waals surface area contributed by atoms with Gasteiger partial charge in [-0.2, -0.15) is 0 Å². The van der Waals surface area contributed by atoms with Gasteiger partial charge in [-0.25, -0.2) is 0 Å². The second-order valence-corrected chi connectivity index (χ2v) is 12.1. The first-order valence-electron chi connectivity index (χ1n) is 11.9. The second-order valence-electron chi connectivity index (χ2n) is 11.1. The summed E-state index contributed by atoms with van der Waals surface area (Å²) < 4.78 is 0. The van der Waals surface area contributed by atoms with Crippen molar-refractivity contribution in [3.05, 3.63) is 41.5 Å². The van der Waals surface area contributed by atoms with E-state index in [0.29, 0.717) is 30.0 Å². The van der Waals surface area contributed by atoms with Crippen molar-refractivity contribution in [2.24, 2.45) is 28.6 Å². The zero-order valence-electron chi connectivity index (χ0n) is 18.7. The molecule has 2 nitrogen and oxygen atoms in total. The highest BCUT2D eigenvalue weighted by atomic mass is 32.2. The van der Waals surface area contributed by atoms with E-state index in [2.05, 4.69) is 45.0 Å². The zero-order valence-corrected chi connectivity index (χ0v) is 19.6. The van der Waals surface area contributed by atoms with Crippen molar-refractivity contribution < 1.29 is 9.90 Å². The van der Waals surface area contributed by atoms with Gasteiger partial charge in [0.25, 0.3) is 0 Å². The van der Waals surface area contributed by atoms with Gasteiger partial charge < -0.3 is 5.11 Å². The second kappa shape index (κ2) is 7.24. The maximum absolute atomic E-state index is 13.0. The minimum absolute atomic E-state index is 0.0716. The smallest absolute Gasteiger partial charge is 0.159 e. The fraction of sp³-hybridized carbons (Fsp3) is 0.667. The molecule has 30 heavy (non-hydrogen) atoms. The van der Waals surface area contributed by atoms with Crippen molar-refractivity contribution in [3.63, 3.8) is 0 Å². The summed E-state index contributed by atoms with van der Waals surface area (Å²) >= 11 is 1.82. The summed E-state index contributed by atoms with van der Waals surface area (Å²) in [7, 11) is 0. The Labute approximate surface area is 185 Å². The average molecular weight is 425 g/mol. The van der Waals surface area contributed by atoms with E-state index in [4.69, 9.17) is 0 Å². The number of carbonyl (C=O) groups is 1. The number of thioether (sulfide) groups is 1. The predicted octanol–water partition coefficient (Wildman–Crippen LogP) is 6.43. The molecule has 4 aliphatic rings.